The molecule has 1 aliphatic rings. The van der Waals surface area contributed by atoms with Crippen LogP contribution in [0, 0.1) is 0 Å². The number of hydrogen-bond acceptors (Lipinski definition) is 5. The Labute approximate surface area is 145 Å². The molecular weight excluding hydrogens is 326 g/mol. The Balaban J connectivity index is 2.16. The highest BCUT2D eigenvalue weighted by Crippen LogP contribution is 2.24. The lowest BCUT2D eigenvalue weighted by Crippen LogP contribution is -2.42. The largest absolute Gasteiger partial charge is 0.391 e. The minimum Gasteiger partial charge on any atom is -0.391 e. The molecule has 0 saturated heterocycles. The van der Waals surface area contributed by atoms with Gasteiger partial charge in [-0.1, -0.05) is 12.8 Å². The Hall–Kier alpha value is -1.18. The summed E-state index contributed by atoms with van der Waals surface area (Å²) in [5.74, 6) is 0.598. The molecule has 0 spiro atoms. The summed E-state index contributed by atoms with van der Waals surface area (Å²) in [6, 6.07) is 3.00. The van der Waals surface area contributed by atoms with Crippen molar-refractivity contribution in [2.45, 2.75) is 82.5 Å². The van der Waals surface area contributed by atoms with Crippen LogP contribution in [0.15, 0.2) is 23.2 Å². The van der Waals surface area contributed by atoms with Crippen molar-refractivity contribution >= 4 is 15.8 Å². The fraction of sp³-hybridized carbons (Fsp3) is 0.706. The van der Waals surface area contributed by atoms with Gasteiger partial charge in [-0.3, -0.25) is 0 Å². The van der Waals surface area contributed by atoms with Crippen molar-refractivity contribution in [3.8, 4) is 0 Å². The maximum atomic E-state index is 12.8. The summed E-state index contributed by atoms with van der Waals surface area (Å²) in [4.78, 5) is 4.44. The standard InChI is InChI=1S/C17H29N3O3S/c1-12(2)20(13(3)4)24(22,23)14-9-10-17(18-11-14)19-15-7-5-6-8-16(15)21/h9-13,15-16,21H,5-8H2,1-4H3,(H,18,19)/t15-,16-/m0/s1. The van der Waals surface area contributed by atoms with Crippen LogP contribution in [0.3, 0.4) is 0 Å². The highest BCUT2D eigenvalue weighted by atomic mass is 32.2. The number of nitrogens with one attached hydrogen (secondary N) is 1. The van der Waals surface area contributed by atoms with Crippen LogP contribution in [0.2, 0.25) is 0 Å². The van der Waals surface area contributed by atoms with E-state index >= 15 is 0 Å². The van der Waals surface area contributed by atoms with Crippen molar-refractivity contribution < 1.29 is 13.5 Å². The molecule has 1 fully saturated rings. The normalized spacial score (nSPS) is 22.3. The molecule has 2 atom stereocenters. The van der Waals surface area contributed by atoms with E-state index in [2.05, 4.69) is 10.3 Å². The van der Waals surface area contributed by atoms with E-state index in [9.17, 15) is 13.5 Å². The van der Waals surface area contributed by atoms with Crippen LogP contribution in [-0.2, 0) is 10.0 Å². The number of pyridine rings is 1. The fourth-order valence-electron chi connectivity index (χ4n) is 3.36. The molecule has 0 amide bonds. The predicted molar refractivity (Wildman–Crippen MR) is 95.4 cm³/mol. The molecule has 0 radical (unpaired) electrons. The van der Waals surface area contributed by atoms with Crippen LogP contribution in [0.25, 0.3) is 0 Å². The molecule has 1 heterocycles. The maximum Gasteiger partial charge on any atom is 0.245 e. The summed E-state index contributed by atoms with van der Waals surface area (Å²) in [5.41, 5.74) is 0. The van der Waals surface area contributed by atoms with Crippen molar-refractivity contribution in [3.63, 3.8) is 0 Å². The first-order valence-corrected chi connectivity index (χ1v) is 10.1. The van der Waals surface area contributed by atoms with E-state index < -0.39 is 10.0 Å². The van der Waals surface area contributed by atoms with E-state index in [0.29, 0.717) is 5.82 Å². The van der Waals surface area contributed by atoms with E-state index in [4.69, 9.17) is 0 Å². The average molecular weight is 356 g/mol. The van der Waals surface area contributed by atoms with Crippen LogP contribution in [-0.4, -0.2) is 47.0 Å². The lowest BCUT2D eigenvalue weighted by molar-refractivity contribution is 0.116. The number of aliphatic hydroxyl groups is 1. The SMILES string of the molecule is CC(C)N(C(C)C)S(=O)(=O)c1ccc(N[C@H]2CCCC[C@@H]2O)nc1. The third kappa shape index (κ3) is 4.26. The second kappa shape index (κ2) is 7.80. The third-order valence-corrected chi connectivity index (χ3v) is 6.63. The van der Waals surface area contributed by atoms with Crippen LogP contribution in [0.4, 0.5) is 5.82 Å². The minimum atomic E-state index is -3.57. The Morgan fingerprint density at radius 2 is 1.79 bits per heavy atom. The summed E-state index contributed by atoms with van der Waals surface area (Å²) >= 11 is 0. The van der Waals surface area contributed by atoms with Crippen LogP contribution in [0.1, 0.15) is 53.4 Å². The molecule has 1 aromatic heterocycles. The average Bonchev–Trinajstić information content (AvgIpc) is 2.49. The number of nitrogens with zero attached hydrogens (tertiary/aromatic N) is 2. The predicted octanol–water partition coefficient (Wildman–Crippen LogP) is 2.60. The topological polar surface area (TPSA) is 82.5 Å². The second-order valence-electron chi connectivity index (χ2n) is 7.00. The molecule has 2 N–H and O–H groups in total. The molecular formula is C17H29N3O3S. The Morgan fingerprint density at radius 3 is 2.29 bits per heavy atom. The van der Waals surface area contributed by atoms with Gasteiger partial charge in [-0.05, 0) is 52.7 Å². The quantitative estimate of drug-likeness (QED) is 0.820. The van der Waals surface area contributed by atoms with Gasteiger partial charge in [0.25, 0.3) is 0 Å². The number of aromatic nitrogens is 1. The van der Waals surface area contributed by atoms with Crippen LogP contribution >= 0.6 is 0 Å². The zero-order valence-electron chi connectivity index (χ0n) is 14.9. The smallest absolute Gasteiger partial charge is 0.245 e. The van der Waals surface area contributed by atoms with Crippen molar-refractivity contribution in [3.05, 3.63) is 18.3 Å². The molecule has 1 saturated carbocycles. The number of aliphatic hydroxyl groups excluding tert-OH is 1. The summed E-state index contributed by atoms with van der Waals surface area (Å²) in [7, 11) is -3.57. The highest BCUT2D eigenvalue weighted by molar-refractivity contribution is 7.89. The highest BCUT2D eigenvalue weighted by Gasteiger charge is 2.30. The summed E-state index contributed by atoms with van der Waals surface area (Å²) in [6.45, 7) is 7.47. The van der Waals surface area contributed by atoms with Crippen molar-refractivity contribution in [1.82, 2.24) is 9.29 Å². The van der Waals surface area contributed by atoms with Crippen molar-refractivity contribution in [2.24, 2.45) is 0 Å². The zero-order chi connectivity index (χ0) is 17.9. The molecule has 0 aromatic carbocycles. The Bertz CT molecular complexity index is 621. The Kier molecular flexibility index (Phi) is 6.22. The zero-order valence-corrected chi connectivity index (χ0v) is 15.8. The molecule has 6 nitrogen and oxygen atoms in total. The van der Waals surface area contributed by atoms with E-state index in [1.165, 1.54) is 10.5 Å². The van der Waals surface area contributed by atoms with E-state index in [1.807, 2.05) is 27.7 Å². The van der Waals surface area contributed by atoms with Gasteiger partial charge in [0.2, 0.25) is 10.0 Å². The number of anilines is 1. The van der Waals surface area contributed by atoms with E-state index in [0.717, 1.165) is 25.7 Å². The molecule has 136 valence electrons. The summed E-state index contributed by atoms with van der Waals surface area (Å²) in [5, 5.41) is 13.2. The van der Waals surface area contributed by atoms with Gasteiger partial charge in [0.15, 0.2) is 0 Å². The summed E-state index contributed by atoms with van der Waals surface area (Å²) in [6.07, 6.45) is 4.84. The van der Waals surface area contributed by atoms with Gasteiger partial charge >= 0.3 is 0 Å². The number of sulfonamides is 1. The first kappa shape index (κ1) is 19.1. The van der Waals surface area contributed by atoms with Crippen molar-refractivity contribution in [1.29, 1.82) is 0 Å². The van der Waals surface area contributed by atoms with Crippen LogP contribution < -0.4 is 5.32 Å². The monoisotopic (exact) mass is 355 g/mol. The molecule has 1 aromatic rings. The van der Waals surface area contributed by atoms with Gasteiger partial charge in [-0.15, -0.1) is 0 Å². The molecule has 24 heavy (non-hydrogen) atoms. The van der Waals surface area contributed by atoms with Gasteiger partial charge in [0.05, 0.1) is 12.1 Å². The fourth-order valence-corrected chi connectivity index (χ4v) is 5.14. The first-order chi connectivity index (χ1) is 11.2. The van der Waals surface area contributed by atoms with E-state index in [1.54, 1.807) is 12.1 Å². The van der Waals surface area contributed by atoms with Gasteiger partial charge in [-0.25, -0.2) is 13.4 Å². The second-order valence-corrected chi connectivity index (χ2v) is 8.85. The molecule has 0 aliphatic heterocycles. The summed E-state index contributed by atoms with van der Waals surface area (Å²) < 4.78 is 27.1. The molecule has 0 unspecified atom stereocenters. The maximum absolute atomic E-state index is 12.8. The van der Waals surface area contributed by atoms with Gasteiger partial charge in [0, 0.05) is 18.3 Å². The molecule has 1 aliphatic carbocycles. The Morgan fingerprint density at radius 1 is 1.17 bits per heavy atom. The third-order valence-electron chi connectivity index (χ3n) is 4.39. The van der Waals surface area contributed by atoms with Gasteiger partial charge < -0.3 is 10.4 Å². The lowest BCUT2D eigenvalue weighted by atomic mass is 9.92. The molecule has 7 heteroatoms. The molecule has 2 rings (SSSR count). The van der Waals surface area contributed by atoms with Crippen molar-refractivity contribution in [2.75, 3.05) is 5.32 Å². The molecule has 0 bridgehead atoms. The van der Waals surface area contributed by atoms with Gasteiger partial charge in [0.1, 0.15) is 10.7 Å². The van der Waals surface area contributed by atoms with Gasteiger partial charge in [-0.2, -0.15) is 4.31 Å². The number of hydrogen-bond donors (Lipinski definition) is 2. The lowest BCUT2D eigenvalue weighted by Gasteiger charge is -2.30. The van der Waals surface area contributed by atoms with Crippen LogP contribution in [0.5, 0.6) is 0 Å². The van der Waals surface area contributed by atoms with E-state index in [-0.39, 0.29) is 29.1 Å². The first-order valence-electron chi connectivity index (χ1n) is 8.67. The minimum absolute atomic E-state index is 0.0171. The number of rotatable bonds is 6.